The van der Waals surface area contributed by atoms with Crippen LogP contribution in [0, 0.1) is 6.92 Å². The lowest BCUT2D eigenvalue weighted by Gasteiger charge is -2.07. The van der Waals surface area contributed by atoms with Crippen LogP contribution in [0.4, 0.5) is 0 Å². The van der Waals surface area contributed by atoms with Crippen molar-refractivity contribution in [2.45, 2.75) is 26.3 Å². The molecule has 4 nitrogen and oxygen atoms in total. The second kappa shape index (κ2) is 6.10. The SMILES string of the molecule is Cc1ccc(CNC(=O)CCc2c[nH]c3ccccc23)n1C. The fourth-order valence-electron chi connectivity index (χ4n) is 2.71. The molecule has 0 fully saturated rings. The molecular weight excluding hydrogens is 274 g/mol. The number of hydrogen-bond donors (Lipinski definition) is 2. The summed E-state index contributed by atoms with van der Waals surface area (Å²) in [5.74, 6) is 0.0872. The second-order valence-electron chi connectivity index (χ2n) is 5.66. The van der Waals surface area contributed by atoms with Crippen molar-refractivity contribution in [1.29, 1.82) is 0 Å². The van der Waals surface area contributed by atoms with Gasteiger partial charge in [-0.3, -0.25) is 4.79 Å². The third kappa shape index (κ3) is 2.91. The van der Waals surface area contributed by atoms with Crippen molar-refractivity contribution < 1.29 is 4.79 Å². The number of amides is 1. The molecule has 22 heavy (non-hydrogen) atoms. The third-order valence-corrected chi connectivity index (χ3v) is 4.24. The quantitative estimate of drug-likeness (QED) is 0.747. The summed E-state index contributed by atoms with van der Waals surface area (Å²) in [4.78, 5) is 15.3. The highest BCUT2D eigenvalue weighted by Gasteiger charge is 2.07. The van der Waals surface area contributed by atoms with Crippen LogP contribution in [0.1, 0.15) is 23.4 Å². The maximum Gasteiger partial charge on any atom is 0.220 e. The Bertz CT molecular complexity index is 798. The summed E-state index contributed by atoms with van der Waals surface area (Å²) in [5, 5.41) is 4.20. The second-order valence-corrected chi connectivity index (χ2v) is 5.66. The molecule has 0 saturated heterocycles. The van der Waals surface area contributed by atoms with E-state index in [0.717, 1.165) is 17.6 Å². The summed E-state index contributed by atoms with van der Waals surface area (Å²) < 4.78 is 2.10. The van der Waals surface area contributed by atoms with Crippen LogP contribution in [0.5, 0.6) is 0 Å². The molecule has 3 aromatic rings. The molecule has 0 bridgehead atoms. The number of nitrogens with one attached hydrogen (secondary N) is 2. The number of fused-ring (bicyclic) bond motifs is 1. The summed E-state index contributed by atoms with van der Waals surface area (Å²) in [6.07, 6.45) is 3.26. The Kier molecular flexibility index (Phi) is 4.00. The topological polar surface area (TPSA) is 49.8 Å². The molecule has 1 aromatic carbocycles. The van der Waals surface area contributed by atoms with Gasteiger partial charge in [0.1, 0.15) is 0 Å². The standard InChI is InChI=1S/C18H21N3O/c1-13-7-9-15(21(13)2)12-20-18(22)10-8-14-11-19-17-6-4-3-5-16(14)17/h3-7,9,11,19H,8,10,12H2,1-2H3,(H,20,22). The Morgan fingerprint density at radius 1 is 1.23 bits per heavy atom. The van der Waals surface area contributed by atoms with Crippen molar-refractivity contribution in [3.8, 4) is 0 Å². The normalized spacial score (nSPS) is 11.0. The maximum absolute atomic E-state index is 12.0. The first-order chi connectivity index (χ1) is 10.6. The van der Waals surface area contributed by atoms with E-state index in [1.54, 1.807) is 0 Å². The van der Waals surface area contributed by atoms with E-state index < -0.39 is 0 Å². The van der Waals surface area contributed by atoms with Crippen LogP contribution in [0.2, 0.25) is 0 Å². The summed E-state index contributed by atoms with van der Waals surface area (Å²) >= 11 is 0. The largest absolute Gasteiger partial charge is 0.361 e. The van der Waals surface area contributed by atoms with Gasteiger partial charge in [0.25, 0.3) is 0 Å². The number of carbonyl (C=O) groups excluding carboxylic acids is 1. The summed E-state index contributed by atoms with van der Waals surface area (Å²) in [5.41, 5.74) is 4.64. The van der Waals surface area contributed by atoms with E-state index in [2.05, 4.69) is 46.1 Å². The van der Waals surface area contributed by atoms with Gasteiger partial charge in [0, 0.05) is 42.0 Å². The third-order valence-electron chi connectivity index (χ3n) is 4.24. The lowest BCUT2D eigenvalue weighted by Crippen LogP contribution is -2.24. The van der Waals surface area contributed by atoms with E-state index in [1.165, 1.54) is 16.6 Å². The smallest absolute Gasteiger partial charge is 0.220 e. The van der Waals surface area contributed by atoms with E-state index in [4.69, 9.17) is 0 Å². The summed E-state index contributed by atoms with van der Waals surface area (Å²) in [6, 6.07) is 12.3. The van der Waals surface area contributed by atoms with Gasteiger partial charge in [-0.25, -0.2) is 0 Å². The van der Waals surface area contributed by atoms with Crippen molar-refractivity contribution in [2.75, 3.05) is 0 Å². The fourth-order valence-corrected chi connectivity index (χ4v) is 2.71. The first-order valence-electron chi connectivity index (χ1n) is 7.58. The van der Waals surface area contributed by atoms with Gasteiger partial charge >= 0.3 is 0 Å². The number of hydrogen-bond acceptors (Lipinski definition) is 1. The molecule has 0 spiro atoms. The van der Waals surface area contributed by atoms with Crippen LogP contribution in [0.3, 0.4) is 0 Å². The van der Waals surface area contributed by atoms with Crippen LogP contribution in [-0.2, 0) is 24.8 Å². The van der Waals surface area contributed by atoms with Gasteiger partial charge in [-0.2, -0.15) is 0 Å². The molecule has 1 amide bonds. The first kappa shape index (κ1) is 14.4. The van der Waals surface area contributed by atoms with Crippen molar-refractivity contribution in [1.82, 2.24) is 14.9 Å². The van der Waals surface area contributed by atoms with Crippen molar-refractivity contribution in [2.24, 2.45) is 7.05 Å². The highest BCUT2D eigenvalue weighted by Crippen LogP contribution is 2.18. The monoisotopic (exact) mass is 295 g/mol. The molecule has 0 aliphatic heterocycles. The molecule has 2 N–H and O–H groups in total. The predicted octanol–water partition coefficient (Wildman–Crippen LogP) is 3.06. The number of rotatable bonds is 5. The molecule has 0 radical (unpaired) electrons. The minimum Gasteiger partial charge on any atom is -0.361 e. The number of nitrogens with zero attached hydrogens (tertiary/aromatic N) is 1. The molecular formula is C18H21N3O. The summed E-state index contributed by atoms with van der Waals surface area (Å²) in [6.45, 7) is 2.64. The van der Waals surface area contributed by atoms with Gasteiger partial charge < -0.3 is 14.9 Å². The zero-order valence-electron chi connectivity index (χ0n) is 13.0. The van der Waals surface area contributed by atoms with Gasteiger partial charge in [0.05, 0.1) is 6.54 Å². The van der Waals surface area contributed by atoms with Crippen LogP contribution in [0.25, 0.3) is 10.9 Å². The van der Waals surface area contributed by atoms with Crippen LogP contribution < -0.4 is 5.32 Å². The number of aryl methyl sites for hydroxylation is 2. The van der Waals surface area contributed by atoms with Crippen molar-refractivity contribution in [3.05, 3.63) is 59.5 Å². The highest BCUT2D eigenvalue weighted by molar-refractivity contribution is 5.84. The first-order valence-corrected chi connectivity index (χ1v) is 7.58. The molecule has 0 atom stereocenters. The minimum absolute atomic E-state index is 0.0872. The number of aromatic nitrogens is 2. The zero-order valence-corrected chi connectivity index (χ0v) is 13.0. The lowest BCUT2D eigenvalue weighted by molar-refractivity contribution is -0.121. The van der Waals surface area contributed by atoms with E-state index >= 15 is 0 Å². The van der Waals surface area contributed by atoms with Gasteiger partial charge in [0.2, 0.25) is 5.91 Å². The van der Waals surface area contributed by atoms with Gasteiger partial charge in [0.15, 0.2) is 0 Å². The Morgan fingerprint density at radius 2 is 2.05 bits per heavy atom. The Morgan fingerprint density at radius 3 is 2.82 bits per heavy atom. The predicted molar refractivity (Wildman–Crippen MR) is 88.6 cm³/mol. The molecule has 2 aromatic heterocycles. The van der Waals surface area contributed by atoms with Crippen LogP contribution in [0.15, 0.2) is 42.6 Å². The van der Waals surface area contributed by atoms with Gasteiger partial charge in [-0.15, -0.1) is 0 Å². The molecule has 0 unspecified atom stereocenters. The molecule has 0 aliphatic carbocycles. The Labute approximate surface area is 130 Å². The molecule has 3 rings (SSSR count). The number of aromatic amines is 1. The van der Waals surface area contributed by atoms with E-state index in [-0.39, 0.29) is 5.91 Å². The maximum atomic E-state index is 12.0. The molecule has 0 aliphatic rings. The van der Waals surface area contributed by atoms with Gasteiger partial charge in [-0.05, 0) is 37.1 Å². The molecule has 0 saturated carbocycles. The average molecular weight is 295 g/mol. The molecule has 4 heteroatoms. The number of H-pyrrole nitrogens is 1. The number of carbonyl (C=O) groups is 1. The fraction of sp³-hybridized carbons (Fsp3) is 0.278. The van der Waals surface area contributed by atoms with Crippen LogP contribution >= 0.6 is 0 Å². The Hall–Kier alpha value is -2.49. The molecule has 114 valence electrons. The molecule has 2 heterocycles. The zero-order chi connectivity index (χ0) is 15.5. The Balaban J connectivity index is 1.55. The van der Waals surface area contributed by atoms with Crippen molar-refractivity contribution >= 4 is 16.8 Å². The number of para-hydroxylation sites is 1. The minimum atomic E-state index is 0.0872. The average Bonchev–Trinajstić information content (AvgIpc) is 3.08. The van der Waals surface area contributed by atoms with E-state index in [0.29, 0.717) is 13.0 Å². The summed E-state index contributed by atoms with van der Waals surface area (Å²) in [7, 11) is 2.02. The lowest BCUT2D eigenvalue weighted by atomic mass is 10.1. The highest BCUT2D eigenvalue weighted by atomic mass is 16.1. The van der Waals surface area contributed by atoms with E-state index in [9.17, 15) is 4.79 Å². The van der Waals surface area contributed by atoms with Crippen molar-refractivity contribution in [3.63, 3.8) is 0 Å². The van der Waals surface area contributed by atoms with Crippen LogP contribution in [-0.4, -0.2) is 15.5 Å². The van der Waals surface area contributed by atoms with Gasteiger partial charge in [-0.1, -0.05) is 18.2 Å². The van der Waals surface area contributed by atoms with E-state index in [1.807, 2.05) is 25.4 Å². The number of benzene rings is 1.